The van der Waals surface area contributed by atoms with Crippen molar-refractivity contribution in [2.75, 3.05) is 0 Å². The Balaban J connectivity index is 0.000000252. The van der Waals surface area contributed by atoms with Crippen LogP contribution in [0.5, 0.6) is 0 Å². The molecule has 0 spiro atoms. The molecule has 2 aliphatic carbocycles. The summed E-state index contributed by atoms with van der Waals surface area (Å²) >= 11 is 8.69. The summed E-state index contributed by atoms with van der Waals surface area (Å²) in [5.41, 5.74) is 5.33. The van der Waals surface area contributed by atoms with Crippen molar-refractivity contribution in [3.63, 3.8) is 0 Å². The number of fused-ring (bicyclic) bond motifs is 3. The molecule has 0 aliphatic heterocycles. The number of hydrogen-bond donors (Lipinski definition) is 0. The van der Waals surface area contributed by atoms with Crippen LogP contribution in [-0.4, -0.2) is 3.21 Å². The van der Waals surface area contributed by atoms with Gasteiger partial charge >= 0.3 is 53.1 Å². The van der Waals surface area contributed by atoms with Gasteiger partial charge < -0.3 is 24.8 Å². The van der Waals surface area contributed by atoms with Crippen molar-refractivity contribution >= 4 is 35.1 Å². The predicted molar refractivity (Wildman–Crippen MR) is 114 cm³/mol. The fraction of sp³-hybridized carbons (Fsp3) is 0.217. The number of halogens is 4. The van der Waals surface area contributed by atoms with Gasteiger partial charge in [0.1, 0.15) is 0 Å². The largest absolute Gasteiger partial charge is 0.214 e. The summed E-state index contributed by atoms with van der Waals surface area (Å²) in [4.78, 5) is 0. The van der Waals surface area contributed by atoms with Crippen LogP contribution in [0.1, 0.15) is 36.8 Å². The zero-order chi connectivity index (χ0) is 18.4. The number of benzene rings is 2. The smallest absolute Gasteiger partial charge is 0.172 e. The minimum atomic E-state index is 0. The van der Waals surface area contributed by atoms with E-state index in [2.05, 4.69) is 62.2 Å². The van der Waals surface area contributed by atoms with Gasteiger partial charge in [0.15, 0.2) is 0 Å². The molecule has 3 aromatic rings. The SMILES string of the molecule is Brc1c[c-]c2c(c1)-c1cc(Br)ccc1C2.[Cl-].[Cl-].[Zr+2]=[C]1CCCC1.c1cc[cH-]c1. The van der Waals surface area contributed by atoms with Crippen molar-refractivity contribution in [1.82, 2.24) is 0 Å². The van der Waals surface area contributed by atoms with Gasteiger partial charge in [0, 0.05) is 4.47 Å². The Labute approximate surface area is 212 Å². The molecule has 0 saturated heterocycles. The molecular formula is C23H20Br2Cl2Zr-2. The maximum Gasteiger partial charge on any atom is -0.172 e. The van der Waals surface area contributed by atoms with Crippen LogP contribution < -0.4 is 24.8 Å². The van der Waals surface area contributed by atoms with Crippen LogP contribution in [0.3, 0.4) is 0 Å². The molecule has 0 N–H and O–H groups in total. The molecule has 0 amide bonds. The van der Waals surface area contributed by atoms with E-state index in [9.17, 15) is 0 Å². The Kier molecular flexibility index (Phi) is 12.5. The Morgan fingerprint density at radius 2 is 1.54 bits per heavy atom. The third kappa shape index (κ3) is 7.73. The molecule has 28 heavy (non-hydrogen) atoms. The van der Waals surface area contributed by atoms with Crippen LogP contribution in [0.2, 0.25) is 0 Å². The molecule has 1 saturated carbocycles. The van der Waals surface area contributed by atoms with Crippen molar-refractivity contribution in [3.05, 3.63) is 86.8 Å². The first-order chi connectivity index (χ1) is 12.6. The Morgan fingerprint density at radius 1 is 0.893 bits per heavy atom. The predicted octanol–water partition coefficient (Wildman–Crippen LogP) is 1.28. The Morgan fingerprint density at radius 3 is 2.07 bits per heavy atom. The summed E-state index contributed by atoms with van der Waals surface area (Å²) in [5.74, 6) is 0. The molecule has 1 fully saturated rings. The fourth-order valence-electron chi connectivity index (χ4n) is 3.15. The van der Waals surface area contributed by atoms with E-state index in [1.54, 1.807) is 27.4 Å². The summed E-state index contributed by atoms with van der Waals surface area (Å²) < 4.78 is 4.02. The maximum atomic E-state index is 3.51. The van der Waals surface area contributed by atoms with Gasteiger partial charge in [-0.3, -0.25) is 0 Å². The topological polar surface area (TPSA) is 0 Å². The van der Waals surface area contributed by atoms with Crippen LogP contribution in [0.4, 0.5) is 0 Å². The zero-order valence-corrected chi connectivity index (χ0v) is 22.5. The van der Waals surface area contributed by atoms with Gasteiger partial charge in [0.2, 0.25) is 0 Å². The van der Waals surface area contributed by atoms with E-state index in [-0.39, 0.29) is 24.8 Å². The average Bonchev–Trinajstić information content (AvgIpc) is 3.38. The van der Waals surface area contributed by atoms with Crippen molar-refractivity contribution in [1.29, 1.82) is 0 Å². The minimum Gasteiger partial charge on any atom is -0.214 e. The molecule has 0 aromatic heterocycles. The third-order valence-corrected chi connectivity index (χ3v) is 6.66. The van der Waals surface area contributed by atoms with Crippen LogP contribution in [-0.2, 0) is 30.7 Å². The average molecular weight is 618 g/mol. The molecule has 0 nitrogen and oxygen atoms in total. The molecule has 0 bridgehead atoms. The van der Waals surface area contributed by atoms with Crippen LogP contribution in [0.25, 0.3) is 11.1 Å². The first-order valence-electron chi connectivity index (χ1n) is 8.85. The summed E-state index contributed by atoms with van der Waals surface area (Å²) in [6.07, 6.45) is 6.84. The molecule has 0 radical (unpaired) electrons. The number of hydrogen-bond acceptors (Lipinski definition) is 0. The summed E-state index contributed by atoms with van der Waals surface area (Å²) in [5, 5.41) is 0. The van der Waals surface area contributed by atoms with E-state index in [1.807, 2.05) is 36.4 Å². The molecule has 146 valence electrons. The molecule has 5 heteroatoms. The van der Waals surface area contributed by atoms with E-state index < -0.39 is 0 Å². The second-order valence-corrected chi connectivity index (χ2v) is 10.0. The summed E-state index contributed by atoms with van der Waals surface area (Å²) in [7, 11) is 0. The third-order valence-electron chi connectivity index (χ3n) is 4.48. The first kappa shape index (κ1) is 26.1. The molecule has 2 aliphatic rings. The van der Waals surface area contributed by atoms with Crippen molar-refractivity contribution in [2.45, 2.75) is 32.1 Å². The van der Waals surface area contributed by atoms with Gasteiger partial charge in [-0.05, 0) is 18.1 Å². The van der Waals surface area contributed by atoms with E-state index in [4.69, 9.17) is 0 Å². The second kappa shape index (κ2) is 13.4. The Hall–Kier alpha value is 0.0831. The van der Waals surface area contributed by atoms with Gasteiger partial charge in [-0.2, -0.15) is 42.0 Å². The van der Waals surface area contributed by atoms with Crippen LogP contribution >= 0.6 is 31.9 Å². The standard InChI is InChI=1S/C13H7Br2.C5H8.C5H5.2ClH.Zr/c14-10-3-1-8-5-9-2-4-11(15)7-13(9)12(8)6-10;2*1-2-4-5-3-1;;;/h1,3-4,6-7H,5H2;1-4H2;1-5H;2*1H;/q-1;;-1;;;+2/p-2. The van der Waals surface area contributed by atoms with E-state index in [0.717, 1.165) is 15.4 Å². The molecular weight excluding hydrogens is 598 g/mol. The Bertz CT molecular complexity index is 802. The van der Waals surface area contributed by atoms with Crippen molar-refractivity contribution in [3.8, 4) is 11.1 Å². The van der Waals surface area contributed by atoms with E-state index >= 15 is 0 Å². The summed E-state index contributed by atoms with van der Waals surface area (Å²) in [6, 6.07) is 23.9. The fourth-order valence-corrected chi connectivity index (χ4v) is 4.73. The van der Waals surface area contributed by atoms with Gasteiger partial charge in [-0.25, -0.2) is 12.1 Å². The van der Waals surface area contributed by atoms with Crippen LogP contribution in [0, 0.1) is 6.07 Å². The van der Waals surface area contributed by atoms with Gasteiger partial charge in [-0.1, -0.05) is 38.1 Å². The normalized spacial score (nSPS) is 12.9. The molecule has 3 aromatic carbocycles. The molecule has 0 atom stereocenters. The van der Waals surface area contributed by atoms with Gasteiger partial charge in [0.05, 0.1) is 0 Å². The minimum absolute atomic E-state index is 0. The maximum absolute atomic E-state index is 3.51. The second-order valence-electron chi connectivity index (χ2n) is 6.46. The van der Waals surface area contributed by atoms with Gasteiger partial charge in [0.25, 0.3) is 0 Å². The van der Waals surface area contributed by atoms with Crippen molar-refractivity contribution < 1.29 is 49.0 Å². The molecule has 0 unspecified atom stereocenters. The quantitative estimate of drug-likeness (QED) is 0.261. The van der Waals surface area contributed by atoms with Crippen molar-refractivity contribution in [2.24, 2.45) is 0 Å². The first-order valence-corrected chi connectivity index (χ1v) is 11.7. The molecule has 5 rings (SSSR count). The summed E-state index contributed by atoms with van der Waals surface area (Å²) in [6.45, 7) is 0. The molecule has 0 heterocycles. The zero-order valence-electron chi connectivity index (χ0n) is 15.3. The monoisotopic (exact) mass is 614 g/mol. The van der Waals surface area contributed by atoms with E-state index in [1.165, 1.54) is 47.9 Å². The van der Waals surface area contributed by atoms with Crippen LogP contribution in [0.15, 0.2) is 69.6 Å². The number of rotatable bonds is 0. The van der Waals surface area contributed by atoms with Gasteiger partial charge in [-0.15, -0.1) is 21.5 Å². The van der Waals surface area contributed by atoms with E-state index in [0.29, 0.717) is 0 Å².